The van der Waals surface area contributed by atoms with Gasteiger partial charge in [0.1, 0.15) is 18.9 Å². The second kappa shape index (κ2) is 13.1. The van der Waals surface area contributed by atoms with E-state index in [-0.39, 0.29) is 42.5 Å². The molecule has 1 aliphatic heterocycles. The number of amides is 1. The maximum absolute atomic E-state index is 11.9. The number of carbonyl (C=O) groups is 1. The molecule has 1 fully saturated rings. The van der Waals surface area contributed by atoms with Crippen molar-refractivity contribution in [3.63, 3.8) is 0 Å². The number of likely N-dealkylation sites (N-methyl/N-ethyl adjacent to an activating group) is 2. The van der Waals surface area contributed by atoms with E-state index in [1.165, 1.54) is 4.90 Å². The van der Waals surface area contributed by atoms with Gasteiger partial charge in [-0.05, 0) is 31.0 Å². The zero-order valence-corrected chi connectivity index (χ0v) is 19.8. The van der Waals surface area contributed by atoms with Crippen LogP contribution < -0.4 is 10.1 Å². The predicted molar refractivity (Wildman–Crippen MR) is 123 cm³/mol. The van der Waals surface area contributed by atoms with E-state index >= 15 is 0 Å². The normalized spacial score (nSPS) is 16.3. The molecule has 0 spiro atoms. The van der Waals surface area contributed by atoms with Crippen LogP contribution in [0.25, 0.3) is 0 Å². The van der Waals surface area contributed by atoms with Crippen LogP contribution in [-0.2, 0) is 9.53 Å². The molecule has 1 aromatic rings. The first-order chi connectivity index (χ1) is 13.0. The zero-order valence-electron chi connectivity index (χ0n) is 16.7. The van der Waals surface area contributed by atoms with Gasteiger partial charge in [0.25, 0.3) is 0 Å². The number of carbonyl (C=O) groups excluding carboxylic acids is 1. The Kier molecular flexibility index (Phi) is 11.6. The van der Waals surface area contributed by atoms with Crippen LogP contribution in [0.5, 0.6) is 5.75 Å². The smallest absolute Gasteiger partial charge is 0.243 e. The molecule has 1 aromatic carbocycles. The Morgan fingerprint density at radius 1 is 1.39 bits per heavy atom. The summed E-state index contributed by atoms with van der Waals surface area (Å²) in [4.78, 5) is 19.8. The van der Waals surface area contributed by atoms with Crippen LogP contribution in [0, 0.1) is 0 Å². The van der Waals surface area contributed by atoms with Crippen LogP contribution in [0.15, 0.2) is 29.3 Å². The standard InChI is InChI=1S/C19H29ClN4O3.HI/c1-23(2)18(25)14-22-19(21-13-17-8-5-10-26-17)24(3)9-11-27-16-7-4-6-15(20)12-16;/h4,6-7,12,17H,5,8-11,13-14H2,1-3H3,(H,21,22);1H. The maximum atomic E-state index is 11.9. The van der Waals surface area contributed by atoms with Crippen molar-refractivity contribution >= 4 is 47.4 Å². The summed E-state index contributed by atoms with van der Waals surface area (Å²) in [6, 6.07) is 7.31. The summed E-state index contributed by atoms with van der Waals surface area (Å²) in [5.41, 5.74) is 0. The third-order valence-corrected chi connectivity index (χ3v) is 4.46. The number of hydrogen-bond donors (Lipinski definition) is 1. The van der Waals surface area contributed by atoms with E-state index in [0.29, 0.717) is 30.7 Å². The highest BCUT2D eigenvalue weighted by molar-refractivity contribution is 14.0. The predicted octanol–water partition coefficient (Wildman–Crippen LogP) is 2.48. The molecule has 0 radical (unpaired) electrons. The van der Waals surface area contributed by atoms with Gasteiger partial charge in [-0.15, -0.1) is 24.0 Å². The molecule has 1 amide bonds. The van der Waals surface area contributed by atoms with Gasteiger partial charge in [-0.25, -0.2) is 4.99 Å². The molecule has 28 heavy (non-hydrogen) atoms. The molecule has 1 aliphatic rings. The van der Waals surface area contributed by atoms with Crippen LogP contribution in [0.4, 0.5) is 0 Å². The number of nitrogens with one attached hydrogen (secondary N) is 1. The van der Waals surface area contributed by atoms with Crippen LogP contribution in [0.2, 0.25) is 5.02 Å². The van der Waals surface area contributed by atoms with Crippen molar-refractivity contribution in [1.82, 2.24) is 15.1 Å². The first-order valence-corrected chi connectivity index (χ1v) is 9.53. The van der Waals surface area contributed by atoms with Crippen molar-refractivity contribution in [2.24, 2.45) is 4.99 Å². The molecule has 0 bridgehead atoms. The monoisotopic (exact) mass is 524 g/mol. The average molecular weight is 525 g/mol. The van der Waals surface area contributed by atoms with Crippen LogP contribution >= 0.6 is 35.6 Å². The van der Waals surface area contributed by atoms with Crippen LogP contribution in [0.3, 0.4) is 0 Å². The molecule has 1 unspecified atom stereocenters. The summed E-state index contributed by atoms with van der Waals surface area (Å²) >= 11 is 5.97. The quantitative estimate of drug-likeness (QED) is 0.322. The summed E-state index contributed by atoms with van der Waals surface area (Å²) in [6.07, 6.45) is 2.32. The molecule has 0 aliphatic carbocycles. The number of ether oxygens (including phenoxy) is 2. The van der Waals surface area contributed by atoms with E-state index in [9.17, 15) is 4.79 Å². The topological polar surface area (TPSA) is 66.4 Å². The Labute approximate surface area is 189 Å². The summed E-state index contributed by atoms with van der Waals surface area (Å²) in [6.45, 7) is 2.66. The fraction of sp³-hybridized carbons (Fsp3) is 0.579. The lowest BCUT2D eigenvalue weighted by molar-refractivity contribution is -0.127. The molecule has 0 aromatic heterocycles. The minimum absolute atomic E-state index is 0. The van der Waals surface area contributed by atoms with Gasteiger partial charge < -0.3 is 24.6 Å². The van der Waals surface area contributed by atoms with E-state index in [4.69, 9.17) is 21.1 Å². The second-order valence-electron chi connectivity index (χ2n) is 6.67. The molecule has 9 heteroatoms. The minimum Gasteiger partial charge on any atom is -0.492 e. The van der Waals surface area contributed by atoms with Crippen molar-refractivity contribution in [3.05, 3.63) is 29.3 Å². The van der Waals surface area contributed by atoms with Gasteiger partial charge in [-0.2, -0.15) is 0 Å². The molecule has 1 saturated heterocycles. The van der Waals surface area contributed by atoms with Gasteiger partial charge in [0, 0.05) is 39.3 Å². The minimum atomic E-state index is -0.0463. The Morgan fingerprint density at radius 2 is 2.18 bits per heavy atom. The Hall–Kier alpha value is -1.26. The van der Waals surface area contributed by atoms with E-state index in [1.807, 2.05) is 30.1 Å². The Bertz CT molecular complexity index is 639. The van der Waals surface area contributed by atoms with Gasteiger partial charge >= 0.3 is 0 Å². The molecule has 7 nitrogen and oxygen atoms in total. The first-order valence-electron chi connectivity index (χ1n) is 9.15. The Balaban J connectivity index is 0.00000392. The Morgan fingerprint density at radius 3 is 2.82 bits per heavy atom. The molecule has 0 saturated carbocycles. The van der Waals surface area contributed by atoms with Crippen molar-refractivity contribution < 1.29 is 14.3 Å². The van der Waals surface area contributed by atoms with Gasteiger partial charge in [0.05, 0.1) is 12.6 Å². The lowest BCUT2D eigenvalue weighted by atomic mass is 10.2. The van der Waals surface area contributed by atoms with Gasteiger partial charge in [0.15, 0.2) is 5.96 Å². The third-order valence-electron chi connectivity index (χ3n) is 4.23. The molecule has 158 valence electrons. The number of hydrogen-bond acceptors (Lipinski definition) is 4. The number of aliphatic imine (C=N–C) groups is 1. The van der Waals surface area contributed by atoms with Crippen molar-refractivity contribution in [1.29, 1.82) is 0 Å². The van der Waals surface area contributed by atoms with Crippen molar-refractivity contribution in [2.75, 3.05) is 54.0 Å². The van der Waals surface area contributed by atoms with Crippen LogP contribution in [0.1, 0.15) is 12.8 Å². The van der Waals surface area contributed by atoms with Crippen molar-refractivity contribution in [3.8, 4) is 5.75 Å². The largest absolute Gasteiger partial charge is 0.492 e. The molecule has 1 atom stereocenters. The van der Waals surface area contributed by atoms with Crippen molar-refractivity contribution in [2.45, 2.75) is 18.9 Å². The van der Waals surface area contributed by atoms with E-state index in [2.05, 4.69) is 10.3 Å². The second-order valence-corrected chi connectivity index (χ2v) is 7.11. The van der Waals surface area contributed by atoms with E-state index in [1.54, 1.807) is 20.2 Å². The highest BCUT2D eigenvalue weighted by atomic mass is 127. The summed E-state index contributed by atoms with van der Waals surface area (Å²) < 4.78 is 11.4. The van der Waals surface area contributed by atoms with Gasteiger partial charge in [0.2, 0.25) is 5.91 Å². The molecule has 2 rings (SSSR count). The van der Waals surface area contributed by atoms with Crippen LogP contribution in [-0.4, -0.2) is 81.8 Å². The highest BCUT2D eigenvalue weighted by Crippen LogP contribution is 2.17. The summed E-state index contributed by atoms with van der Waals surface area (Å²) in [5, 5.41) is 3.96. The lowest BCUT2D eigenvalue weighted by Crippen LogP contribution is -2.44. The fourth-order valence-corrected chi connectivity index (χ4v) is 2.75. The number of nitrogens with zero attached hydrogens (tertiary/aromatic N) is 3. The highest BCUT2D eigenvalue weighted by Gasteiger charge is 2.17. The van der Waals surface area contributed by atoms with Gasteiger partial charge in [-0.1, -0.05) is 17.7 Å². The molecule has 1 N–H and O–H groups in total. The summed E-state index contributed by atoms with van der Waals surface area (Å²) in [7, 11) is 5.36. The molecular weight excluding hydrogens is 495 g/mol. The first kappa shape index (κ1) is 24.8. The zero-order chi connectivity index (χ0) is 19.6. The van der Waals surface area contributed by atoms with E-state index in [0.717, 1.165) is 25.2 Å². The SMILES string of the molecule is CN(C)C(=O)CN=C(NCC1CCCO1)N(C)CCOc1cccc(Cl)c1.I. The maximum Gasteiger partial charge on any atom is 0.243 e. The third kappa shape index (κ3) is 8.83. The summed E-state index contributed by atoms with van der Waals surface area (Å²) in [5.74, 6) is 1.34. The number of benzene rings is 1. The number of rotatable bonds is 8. The molecular formula is C19H30ClIN4O3. The number of guanidine groups is 1. The average Bonchev–Trinajstić information content (AvgIpc) is 3.15. The van der Waals surface area contributed by atoms with Gasteiger partial charge in [-0.3, -0.25) is 4.79 Å². The number of halogens is 2. The fourth-order valence-electron chi connectivity index (χ4n) is 2.57. The lowest BCUT2D eigenvalue weighted by Gasteiger charge is -2.24. The molecule has 1 heterocycles. The van der Waals surface area contributed by atoms with E-state index < -0.39 is 0 Å².